The van der Waals surface area contributed by atoms with E-state index in [2.05, 4.69) is 32.9 Å². The average Bonchev–Trinajstić information content (AvgIpc) is 2.54. The maximum atomic E-state index is 10.7. The molecule has 2 heteroatoms. The maximum absolute atomic E-state index is 10.7. The molecule has 0 aliphatic rings. The second-order valence-corrected chi connectivity index (χ2v) is 6.01. The normalized spacial score (nSPS) is 11.3. The summed E-state index contributed by atoms with van der Waals surface area (Å²) in [4.78, 5) is 10.7. The minimum Gasteiger partial charge on any atom is -0.490 e. The van der Waals surface area contributed by atoms with Crippen LogP contribution in [0.1, 0.15) is 39.2 Å². The fraction of sp³-hybridized carbons (Fsp3) is 0.286. The van der Waals surface area contributed by atoms with Crippen LogP contribution in [0.5, 0.6) is 5.75 Å². The number of fused-ring (bicyclic) bond motifs is 1. The summed E-state index contributed by atoms with van der Waals surface area (Å²) in [6.07, 6.45) is 8.45. The van der Waals surface area contributed by atoms with E-state index in [1.807, 2.05) is 36.6 Å². The molecular weight excluding hydrogens is 284 g/mol. The van der Waals surface area contributed by atoms with Crippen molar-refractivity contribution in [2.45, 2.75) is 33.6 Å². The molecule has 1 radical (unpaired) electrons. The van der Waals surface area contributed by atoms with Gasteiger partial charge in [0.05, 0.1) is 0 Å². The molecule has 0 aromatic heterocycles. The van der Waals surface area contributed by atoms with Crippen LogP contribution in [0, 0.1) is 0 Å². The second-order valence-electron chi connectivity index (χ2n) is 6.01. The van der Waals surface area contributed by atoms with Crippen molar-refractivity contribution in [2.75, 3.05) is 6.61 Å². The van der Waals surface area contributed by atoms with Crippen molar-refractivity contribution in [1.29, 1.82) is 0 Å². The van der Waals surface area contributed by atoms with Crippen molar-refractivity contribution in [1.82, 2.24) is 0 Å². The Balaban J connectivity index is 1.94. The standard InChI is InChI=1S/C21H23O2/c1-16(2)5-4-6-17(3)11-12-23-21-10-9-19-13-18(15-22)7-8-20(19)14-21/h5,7-11,13-14H,4,6,12H2,1-3H3. The molecule has 2 aromatic carbocycles. The summed E-state index contributed by atoms with van der Waals surface area (Å²) >= 11 is 0. The lowest BCUT2D eigenvalue weighted by atomic mass is 10.1. The van der Waals surface area contributed by atoms with Gasteiger partial charge in [-0.25, -0.2) is 0 Å². The maximum Gasteiger partial charge on any atom is 0.233 e. The Kier molecular flexibility index (Phi) is 6.16. The van der Waals surface area contributed by atoms with Crippen LogP contribution in [-0.2, 0) is 4.79 Å². The molecule has 2 aromatic rings. The zero-order valence-electron chi connectivity index (χ0n) is 14.1. The number of allylic oxidation sites excluding steroid dienone is 3. The highest BCUT2D eigenvalue weighted by Crippen LogP contribution is 2.22. The minimum atomic E-state index is 0.570. The molecule has 0 saturated heterocycles. The average molecular weight is 307 g/mol. The molecule has 0 amide bonds. The number of carbonyl (C=O) groups excluding carboxylic acids is 1. The Morgan fingerprint density at radius 2 is 1.78 bits per heavy atom. The summed E-state index contributed by atoms with van der Waals surface area (Å²) in [6, 6.07) is 11.4. The third-order valence-corrected chi connectivity index (χ3v) is 3.70. The van der Waals surface area contributed by atoms with Gasteiger partial charge in [0.25, 0.3) is 0 Å². The summed E-state index contributed by atoms with van der Waals surface area (Å²) in [5, 5.41) is 2.08. The zero-order valence-corrected chi connectivity index (χ0v) is 14.1. The van der Waals surface area contributed by atoms with Gasteiger partial charge in [-0.2, -0.15) is 0 Å². The van der Waals surface area contributed by atoms with Crippen molar-refractivity contribution in [3.63, 3.8) is 0 Å². The van der Waals surface area contributed by atoms with Gasteiger partial charge in [0.2, 0.25) is 6.29 Å². The summed E-state index contributed by atoms with van der Waals surface area (Å²) in [5.74, 6) is 0.841. The number of rotatable bonds is 7. The Bertz CT molecular complexity index is 735. The van der Waals surface area contributed by atoms with Gasteiger partial charge in [-0.15, -0.1) is 0 Å². The van der Waals surface area contributed by atoms with Gasteiger partial charge in [0.1, 0.15) is 12.4 Å². The van der Waals surface area contributed by atoms with Gasteiger partial charge in [-0.1, -0.05) is 35.4 Å². The molecular formula is C21H23O2. The van der Waals surface area contributed by atoms with Crippen LogP contribution in [0.3, 0.4) is 0 Å². The van der Waals surface area contributed by atoms with Crippen LogP contribution >= 0.6 is 0 Å². The van der Waals surface area contributed by atoms with Gasteiger partial charge >= 0.3 is 0 Å². The predicted molar refractivity (Wildman–Crippen MR) is 96.7 cm³/mol. The molecule has 2 nitrogen and oxygen atoms in total. The third-order valence-electron chi connectivity index (χ3n) is 3.70. The lowest BCUT2D eigenvalue weighted by molar-refractivity contribution is 0.362. The Morgan fingerprint density at radius 1 is 1.04 bits per heavy atom. The van der Waals surface area contributed by atoms with Crippen LogP contribution in [0.25, 0.3) is 10.8 Å². The first-order valence-corrected chi connectivity index (χ1v) is 7.92. The Labute approximate surface area is 138 Å². The van der Waals surface area contributed by atoms with E-state index in [0.717, 1.165) is 29.4 Å². The molecule has 0 atom stereocenters. The van der Waals surface area contributed by atoms with E-state index in [9.17, 15) is 4.79 Å². The first-order chi connectivity index (χ1) is 11.1. The SMILES string of the molecule is CC(C)=CCCC(C)=CCOc1ccc2cc([C]=O)ccc2c1. The van der Waals surface area contributed by atoms with Crippen molar-refractivity contribution in [3.05, 3.63) is 65.3 Å². The van der Waals surface area contributed by atoms with E-state index in [1.165, 1.54) is 11.1 Å². The third kappa shape index (κ3) is 5.41. The summed E-state index contributed by atoms with van der Waals surface area (Å²) in [5.41, 5.74) is 3.27. The number of hydrogen-bond donors (Lipinski definition) is 0. The molecule has 0 bridgehead atoms. The number of hydrogen-bond acceptors (Lipinski definition) is 2. The molecule has 0 fully saturated rings. The van der Waals surface area contributed by atoms with E-state index >= 15 is 0 Å². The first-order valence-electron chi connectivity index (χ1n) is 7.92. The summed E-state index contributed by atoms with van der Waals surface area (Å²) in [7, 11) is 0. The molecule has 119 valence electrons. The van der Waals surface area contributed by atoms with E-state index in [-0.39, 0.29) is 0 Å². The fourth-order valence-electron chi connectivity index (χ4n) is 2.35. The monoisotopic (exact) mass is 307 g/mol. The van der Waals surface area contributed by atoms with Crippen LogP contribution in [0.2, 0.25) is 0 Å². The molecule has 2 rings (SSSR count). The van der Waals surface area contributed by atoms with Gasteiger partial charge in [-0.3, -0.25) is 4.79 Å². The topological polar surface area (TPSA) is 26.3 Å². The Hall–Kier alpha value is -2.35. The second kappa shape index (κ2) is 8.33. The fourth-order valence-corrected chi connectivity index (χ4v) is 2.35. The van der Waals surface area contributed by atoms with Gasteiger partial charge in [0.15, 0.2) is 0 Å². The minimum absolute atomic E-state index is 0.570. The first kappa shape index (κ1) is 17.0. The quantitative estimate of drug-likeness (QED) is 0.643. The Morgan fingerprint density at radius 3 is 2.52 bits per heavy atom. The van der Waals surface area contributed by atoms with E-state index in [0.29, 0.717) is 12.2 Å². The van der Waals surface area contributed by atoms with Crippen LogP contribution in [0.15, 0.2) is 59.7 Å². The molecule has 0 saturated carbocycles. The van der Waals surface area contributed by atoms with Crippen molar-refractivity contribution < 1.29 is 9.53 Å². The van der Waals surface area contributed by atoms with Crippen molar-refractivity contribution >= 4 is 17.1 Å². The molecule has 0 spiro atoms. The molecule has 23 heavy (non-hydrogen) atoms. The molecule has 0 aliphatic heterocycles. The highest BCUT2D eigenvalue weighted by Gasteiger charge is 1.99. The van der Waals surface area contributed by atoms with Crippen molar-refractivity contribution in [2.24, 2.45) is 0 Å². The molecule has 0 aliphatic carbocycles. The number of benzene rings is 2. The van der Waals surface area contributed by atoms with Crippen LogP contribution in [0.4, 0.5) is 0 Å². The highest BCUT2D eigenvalue weighted by molar-refractivity contribution is 5.89. The van der Waals surface area contributed by atoms with Gasteiger partial charge in [-0.05, 0) is 68.7 Å². The highest BCUT2D eigenvalue weighted by atomic mass is 16.5. The number of ether oxygens (including phenoxy) is 1. The predicted octanol–water partition coefficient (Wildman–Crippen LogP) is 5.37. The lowest BCUT2D eigenvalue weighted by Gasteiger charge is -2.06. The summed E-state index contributed by atoms with van der Waals surface area (Å²) < 4.78 is 5.80. The smallest absolute Gasteiger partial charge is 0.233 e. The van der Waals surface area contributed by atoms with Crippen LogP contribution < -0.4 is 4.74 Å². The largest absolute Gasteiger partial charge is 0.490 e. The molecule has 0 N–H and O–H groups in total. The van der Waals surface area contributed by atoms with E-state index in [4.69, 9.17) is 4.74 Å². The molecule has 0 unspecified atom stereocenters. The van der Waals surface area contributed by atoms with E-state index < -0.39 is 0 Å². The van der Waals surface area contributed by atoms with Gasteiger partial charge in [0, 0.05) is 5.56 Å². The molecule has 0 heterocycles. The van der Waals surface area contributed by atoms with E-state index in [1.54, 1.807) is 6.07 Å². The lowest BCUT2D eigenvalue weighted by Crippen LogP contribution is -1.95. The van der Waals surface area contributed by atoms with Gasteiger partial charge < -0.3 is 4.74 Å². The zero-order chi connectivity index (χ0) is 16.7. The van der Waals surface area contributed by atoms with Crippen LogP contribution in [-0.4, -0.2) is 12.9 Å². The summed E-state index contributed by atoms with van der Waals surface area (Å²) in [6.45, 7) is 6.96. The van der Waals surface area contributed by atoms with Crippen molar-refractivity contribution in [3.8, 4) is 5.75 Å².